The molecule has 0 unspecified atom stereocenters. The number of carbonyl (C=O) groups excluding carboxylic acids is 1. The number of hydrogen-bond acceptors (Lipinski definition) is 4. The van der Waals surface area contributed by atoms with Crippen LogP contribution in [0.1, 0.15) is 12.0 Å². The average Bonchev–Trinajstić information content (AvgIpc) is 2.80. The largest absolute Gasteiger partial charge is 0.484 e. The molecule has 0 bridgehead atoms. The summed E-state index contributed by atoms with van der Waals surface area (Å²) in [6.07, 6.45) is 1.63. The minimum absolute atomic E-state index is 0.164. The molecule has 1 aliphatic rings. The molecule has 0 spiro atoms. The highest BCUT2D eigenvalue weighted by molar-refractivity contribution is 7.92. The summed E-state index contributed by atoms with van der Waals surface area (Å²) in [5, 5.41) is 3.21. The van der Waals surface area contributed by atoms with Crippen LogP contribution >= 0.6 is 23.2 Å². The lowest BCUT2D eigenvalue weighted by Crippen LogP contribution is -2.35. The predicted molar refractivity (Wildman–Crippen MR) is 126 cm³/mol. The van der Waals surface area contributed by atoms with E-state index in [0.717, 1.165) is 24.1 Å². The van der Waals surface area contributed by atoms with Gasteiger partial charge >= 0.3 is 0 Å². The van der Waals surface area contributed by atoms with Gasteiger partial charge in [0, 0.05) is 6.54 Å². The van der Waals surface area contributed by atoms with Crippen LogP contribution in [0.25, 0.3) is 0 Å². The van der Waals surface area contributed by atoms with Gasteiger partial charge in [0.25, 0.3) is 15.9 Å². The number of ether oxygens (including phenoxy) is 1. The Bertz CT molecular complexity index is 1250. The van der Waals surface area contributed by atoms with Gasteiger partial charge in [0.1, 0.15) is 5.75 Å². The van der Waals surface area contributed by atoms with Crippen LogP contribution in [0.15, 0.2) is 71.6 Å². The summed E-state index contributed by atoms with van der Waals surface area (Å²) >= 11 is 12.0. The van der Waals surface area contributed by atoms with E-state index in [1.807, 2.05) is 24.3 Å². The summed E-state index contributed by atoms with van der Waals surface area (Å²) in [5.74, 6) is -0.0499. The normalized spacial score (nSPS) is 13.4. The Morgan fingerprint density at radius 2 is 1.75 bits per heavy atom. The summed E-state index contributed by atoms with van der Waals surface area (Å²) in [7, 11) is -3.70. The first-order chi connectivity index (χ1) is 15.4. The topological polar surface area (TPSA) is 75.7 Å². The lowest BCUT2D eigenvalue weighted by atomic mass is 10.0. The van der Waals surface area contributed by atoms with E-state index in [1.165, 1.54) is 28.6 Å². The SMILES string of the molecule is O=C(COc1ccc(S(=O)(=O)N2CCCc3ccccc32)cc1)Nc1cccc(Cl)c1Cl. The Morgan fingerprint density at radius 3 is 2.53 bits per heavy atom. The Hall–Kier alpha value is -2.74. The highest BCUT2D eigenvalue weighted by atomic mass is 35.5. The molecule has 166 valence electrons. The standard InChI is InChI=1S/C23H20Cl2N2O4S/c24-19-7-3-8-20(23(19)25)26-22(28)15-31-17-10-12-18(13-11-17)32(29,30)27-14-4-6-16-5-1-2-9-21(16)27/h1-3,5,7-13H,4,6,14-15H2,(H,26,28). The molecule has 32 heavy (non-hydrogen) atoms. The van der Waals surface area contributed by atoms with Gasteiger partial charge in [-0.2, -0.15) is 0 Å². The second-order valence-electron chi connectivity index (χ2n) is 7.22. The number of halogens is 2. The van der Waals surface area contributed by atoms with E-state index in [-0.39, 0.29) is 16.5 Å². The molecule has 1 N–H and O–H groups in total. The van der Waals surface area contributed by atoms with E-state index in [0.29, 0.717) is 23.0 Å². The second-order valence-corrected chi connectivity index (χ2v) is 9.87. The van der Waals surface area contributed by atoms with Gasteiger partial charge in [0.2, 0.25) is 0 Å². The van der Waals surface area contributed by atoms with Crippen LogP contribution in [0.5, 0.6) is 5.75 Å². The third-order valence-electron chi connectivity index (χ3n) is 5.07. The lowest BCUT2D eigenvalue weighted by molar-refractivity contribution is -0.118. The summed E-state index contributed by atoms with van der Waals surface area (Å²) in [5.41, 5.74) is 2.12. The van der Waals surface area contributed by atoms with Gasteiger partial charge in [-0.3, -0.25) is 9.10 Å². The van der Waals surface area contributed by atoms with Crippen molar-refractivity contribution in [3.8, 4) is 5.75 Å². The minimum atomic E-state index is -3.70. The fourth-order valence-corrected chi connectivity index (χ4v) is 5.41. The van der Waals surface area contributed by atoms with E-state index < -0.39 is 15.9 Å². The molecule has 0 fully saturated rings. The van der Waals surface area contributed by atoms with Gasteiger partial charge < -0.3 is 10.1 Å². The minimum Gasteiger partial charge on any atom is -0.484 e. The van der Waals surface area contributed by atoms with Crippen LogP contribution < -0.4 is 14.4 Å². The molecule has 0 aliphatic carbocycles. The van der Waals surface area contributed by atoms with E-state index in [9.17, 15) is 13.2 Å². The summed E-state index contributed by atoms with van der Waals surface area (Å²) in [6, 6.07) is 18.5. The highest BCUT2D eigenvalue weighted by Crippen LogP contribution is 2.32. The van der Waals surface area contributed by atoms with E-state index in [2.05, 4.69) is 5.32 Å². The highest BCUT2D eigenvalue weighted by Gasteiger charge is 2.28. The molecule has 0 atom stereocenters. The first-order valence-electron chi connectivity index (χ1n) is 9.93. The van der Waals surface area contributed by atoms with Gasteiger partial charge in [-0.05, 0) is 60.9 Å². The Balaban J connectivity index is 1.42. The Labute approximate surface area is 196 Å². The third kappa shape index (κ3) is 4.70. The number of fused-ring (bicyclic) bond motifs is 1. The maximum absolute atomic E-state index is 13.2. The predicted octanol–water partition coefficient (Wildman–Crippen LogP) is 5.15. The Kier molecular flexibility index (Phi) is 6.60. The molecule has 1 aliphatic heterocycles. The molecule has 6 nitrogen and oxygen atoms in total. The van der Waals surface area contributed by atoms with Gasteiger partial charge in [-0.15, -0.1) is 0 Å². The third-order valence-corrected chi connectivity index (χ3v) is 7.72. The van der Waals surface area contributed by atoms with Gasteiger partial charge in [0.05, 0.1) is 26.3 Å². The van der Waals surface area contributed by atoms with Crippen molar-refractivity contribution in [3.05, 3.63) is 82.3 Å². The summed E-state index contributed by atoms with van der Waals surface area (Å²) in [6.45, 7) is 0.165. The molecular weight excluding hydrogens is 471 g/mol. The van der Waals surface area contributed by atoms with Gasteiger partial charge in [0.15, 0.2) is 6.61 Å². The van der Waals surface area contributed by atoms with Crippen LogP contribution in [0.3, 0.4) is 0 Å². The molecule has 0 aromatic heterocycles. The van der Waals surface area contributed by atoms with Crippen LogP contribution in [0, 0.1) is 0 Å². The molecule has 0 radical (unpaired) electrons. The number of nitrogens with one attached hydrogen (secondary N) is 1. The molecule has 4 rings (SSSR count). The Morgan fingerprint density at radius 1 is 1.00 bits per heavy atom. The number of rotatable bonds is 6. The number of amides is 1. The number of aryl methyl sites for hydroxylation is 1. The van der Waals surface area contributed by atoms with Crippen molar-refractivity contribution in [3.63, 3.8) is 0 Å². The van der Waals surface area contributed by atoms with Crippen molar-refractivity contribution < 1.29 is 17.9 Å². The molecule has 9 heteroatoms. The van der Waals surface area contributed by atoms with Crippen molar-refractivity contribution >= 4 is 50.5 Å². The van der Waals surface area contributed by atoms with Crippen LogP contribution in [-0.2, 0) is 21.2 Å². The van der Waals surface area contributed by atoms with E-state index in [1.54, 1.807) is 18.2 Å². The fraction of sp³-hybridized carbons (Fsp3) is 0.174. The monoisotopic (exact) mass is 490 g/mol. The molecule has 1 heterocycles. The zero-order valence-electron chi connectivity index (χ0n) is 16.9. The van der Waals surface area contributed by atoms with Crippen LogP contribution in [0.4, 0.5) is 11.4 Å². The molecule has 0 saturated carbocycles. The number of para-hydroxylation sites is 1. The molecule has 1 amide bonds. The number of benzene rings is 3. The van der Waals surface area contributed by atoms with Gasteiger partial charge in [-0.25, -0.2) is 8.42 Å². The van der Waals surface area contributed by atoms with Crippen LogP contribution in [0.2, 0.25) is 10.0 Å². The van der Waals surface area contributed by atoms with Gasteiger partial charge in [-0.1, -0.05) is 47.5 Å². The van der Waals surface area contributed by atoms with E-state index >= 15 is 0 Å². The maximum atomic E-state index is 13.2. The number of nitrogens with zero attached hydrogens (tertiary/aromatic N) is 1. The molecule has 3 aromatic rings. The van der Waals surface area contributed by atoms with Crippen molar-refractivity contribution in [2.45, 2.75) is 17.7 Å². The average molecular weight is 491 g/mol. The fourth-order valence-electron chi connectivity index (χ4n) is 3.52. The first kappa shape index (κ1) is 22.5. The maximum Gasteiger partial charge on any atom is 0.264 e. The molecular formula is C23H20Cl2N2O4S. The zero-order valence-corrected chi connectivity index (χ0v) is 19.3. The van der Waals surface area contributed by atoms with Crippen molar-refractivity contribution in [2.24, 2.45) is 0 Å². The quantitative estimate of drug-likeness (QED) is 0.518. The smallest absolute Gasteiger partial charge is 0.264 e. The number of anilines is 2. The molecule has 3 aromatic carbocycles. The number of sulfonamides is 1. The van der Waals surface area contributed by atoms with Crippen molar-refractivity contribution in [2.75, 3.05) is 22.8 Å². The summed E-state index contributed by atoms with van der Waals surface area (Å²) < 4.78 is 33.3. The van der Waals surface area contributed by atoms with E-state index in [4.69, 9.17) is 27.9 Å². The molecule has 0 saturated heterocycles. The van der Waals surface area contributed by atoms with Crippen molar-refractivity contribution in [1.82, 2.24) is 0 Å². The number of carbonyl (C=O) groups is 1. The lowest BCUT2D eigenvalue weighted by Gasteiger charge is -2.30. The van der Waals surface area contributed by atoms with Crippen LogP contribution in [-0.4, -0.2) is 27.5 Å². The van der Waals surface area contributed by atoms with Crippen molar-refractivity contribution in [1.29, 1.82) is 0 Å². The second kappa shape index (κ2) is 9.40. The zero-order chi connectivity index (χ0) is 22.7. The summed E-state index contributed by atoms with van der Waals surface area (Å²) in [4.78, 5) is 12.3. The first-order valence-corrected chi connectivity index (χ1v) is 12.1. The number of hydrogen-bond donors (Lipinski definition) is 1.